The molecule has 0 saturated heterocycles. The number of rotatable bonds is 10. The minimum absolute atomic E-state index is 0.0736. The van der Waals surface area contributed by atoms with E-state index in [0.717, 1.165) is 67.5 Å². The summed E-state index contributed by atoms with van der Waals surface area (Å²) in [5.41, 5.74) is 3.59. The SMILES string of the molecule is CCCCC1=NC2(CCCC2)C(=O)N1Cc1ccc(-c2ccccc2)c(N(c2onc(C)c2C)S(=O)(=O)CC)c1. The monoisotopic (exact) mass is 562 g/mol. The van der Waals surface area contributed by atoms with Crippen LogP contribution in [0.4, 0.5) is 11.6 Å². The van der Waals surface area contributed by atoms with Gasteiger partial charge in [-0.3, -0.25) is 14.7 Å². The van der Waals surface area contributed by atoms with Gasteiger partial charge < -0.3 is 4.52 Å². The average Bonchev–Trinajstić information content (AvgIpc) is 3.64. The van der Waals surface area contributed by atoms with Gasteiger partial charge in [-0.1, -0.05) is 73.8 Å². The Bertz CT molecular complexity index is 1520. The Hall–Kier alpha value is -3.46. The number of sulfonamides is 1. The van der Waals surface area contributed by atoms with Crippen LogP contribution in [0.2, 0.25) is 0 Å². The second kappa shape index (κ2) is 11.2. The van der Waals surface area contributed by atoms with Crippen LogP contribution in [0.15, 0.2) is 58.0 Å². The average molecular weight is 563 g/mol. The lowest BCUT2D eigenvalue weighted by molar-refractivity contribution is -0.131. The number of nitrogens with zero attached hydrogens (tertiary/aromatic N) is 4. The highest BCUT2D eigenvalue weighted by atomic mass is 32.2. The van der Waals surface area contributed by atoms with Crippen molar-refractivity contribution in [1.29, 1.82) is 0 Å². The highest BCUT2D eigenvalue weighted by molar-refractivity contribution is 7.93. The summed E-state index contributed by atoms with van der Waals surface area (Å²) in [6, 6.07) is 15.5. The zero-order chi connectivity index (χ0) is 28.5. The maximum Gasteiger partial charge on any atom is 0.256 e. The number of aryl methyl sites for hydroxylation is 1. The number of aliphatic imine (C=N–C) groups is 1. The molecule has 0 N–H and O–H groups in total. The van der Waals surface area contributed by atoms with Crippen molar-refractivity contribution in [2.45, 2.75) is 84.7 Å². The molecule has 3 aromatic rings. The fraction of sp³-hybridized carbons (Fsp3) is 0.452. The van der Waals surface area contributed by atoms with E-state index in [1.807, 2.05) is 60.4 Å². The van der Waals surface area contributed by atoms with Crippen molar-refractivity contribution >= 4 is 33.3 Å². The van der Waals surface area contributed by atoms with Gasteiger partial charge in [0.2, 0.25) is 15.9 Å². The van der Waals surface area contributed by atoms with Gasteiger partial charge in [-0.15, -0.1) is 0 Å². The number of carbonyl (C=O) groups is 1. The van der Waals surface area contributed by atoms with Crippen LogP contribution in [-0.4, -0.2) is 41.5 Å². The highest BCUT2D eigenvalue weighted by Gasteiger charge is 2.49. The summed E-state index contributed by atoms with van der Waals surface area (Å²) in [4.78, 5) is 20.6. The van der Waals surface area contributed by atoms with Gasteiger partial charge in [0.05, 0.1) is 23.7 Å². The first kappa shape index (κ1) is 28.1. The number of amides is 1. The number of amidine groups is 1. The Morgan fingerprint density at radius 3 is 2.40 bits per heavy atom. The normalized spacial score (nSPS) is 16.6. The largest absolute Gasteiger partial charge is 0.337 e. The zero-order valence-corrected chi connectivity index (χ0v) is 24.6. The number of hydrogen-bond acceptors (Lipinski definition) is 6. The Balaban J connectivity index is 1.63. The summed E-state index contributed by atoms with van der Waals surface area (Å²) < 4.78 is 34.2. The molecule has 1 aliphatic heterocycles. The molecule has 1 aromatic heterocycles. The molecule has 1 aliphatic carbocycles. The topological polar surface area (TPSA) is 96.1 Å². The fourth-order valence-electron chi connectivity index (χ4n) is 5.69. The van der Waals surface area contributed by atoms with Gasteiger partial charge >= 0.3 is 0 Å². The van der Waals surface area contributed by atoms with Crippen LogP contribution >= 0.6 is 0 Å². The van der Waals surface area contributed by atoms with Crippen molar-refractivity contribution in [2.24, 2.45) is 4.99 Å². The Morgan fingerprint density at radius 2 is 1.77 bits per heavy atom. The number of benzene rings is 2. The Morgan fingerprint density at radius 1 is 1.05 bits per heavy atom. The molecule has 40 heavy (non-hydrogen) atoms. The molecule has 1 fully saturated rings. The van der Waals surface area contributed by atoms with Crippen molar-refractivity contribution < 1.29 is 17.7 Å². The van der Waals surface area contributed by atoms with Crippen LogP contribution < -0.4 is 4.31 Å². The zero-order valence-electron chi connectivity index (χ0n) is 23.8. The van der Waals surface area contributed by atoms with Crippen LogP contribution in [0.3, 0.4) is 0 Å². The summed E-state index contributed by atoms with van der Waals surface area (Å²) in [5, 5.41) is 4.06. The van der Waals surface area contributed by atoms with E-state index in [9.17, 15) is 13.2 Å². The number of aromatic nitrogens is 1. The molecule has 1 saturated carbocycles. The molecular weight excluding hydrogens is 524 g/mol. The smallest absolute Gasteiger partial charge is 0.256 e. The van der Waals surface area contributed by atoms with E-state index in [1.54, 1.807) is 13.8 Å². The first-order valence-electron chi connectivity index (χ1n) is 14.3. The Kier molecular flexibility index (Phi) is 7.86. The lowest BCUT2D eigenvalue weighted by Gasteiger charge is -2.26. The molecule has 1 spiro atoms. The first-order chi connectivity index (χ1) is 19.2. The molecule has 8 nitrogen and oxygen atoms in total. The maximum atomic E-state index is 13.8. The van der Waals surface area contributed by atoms with Crippen molar-refractivity contribution in [1.82, 2.24) is 10.1 Å². The quantitative estimate of drug-likeness (QED) is 0.274. The molecule has 212 valence electrons. The second-order valence-corrected chi connectivity index (χ2v) is 12.9. The van der Waals surface area contributed by atoms with E-state index in [4.69, 9.17) is 9.52 Å². The molecular formula is C31H38N4O4S. The van der Waals surface area contributed by atoms with Gasteiger partial charge in [0.15, 0.2) is 0 Å². The summed E-state index contributed by atoms with van der Waals surface area (Å²) in [7, 11) is -3.81. The van der Waals surface area contributed by atoms with Crippen molar-refractivity contribution in [3.63, 3.8) is 0 Å². The third kappa shape index (κ3) is 5.07. The minimum Gasteiger partial charge on any atom is -0.337 e. The summed E-state index contributed by atoms with van der Waals surface area (Å²) in [6.45, 7) is 7.69. The van der Waals surface area contributed by atoms with Crippen LogP contribution in [0, 0.1) is 13.8 Å². The van der Waals surface area contributed by atoms with Crippen LogP contribution in [0.5, 0.6) is 0 Å². The van der Waals surface area contributed by atoms with Gasteiger partial charge in [0.1, 0.15) is 11.4 Å². The van der Waals surface area contributed by atoms with Gasteiger partial charge in [-0.05, 0) is 57.2 Å². The van der Waals surface area contributed by atoms with E-state index in [2.05, 4.69) is 12.1 Å². The van der Waals surface area contributed by atoms with Crippen LogP contribution in [0.1, 0.15) is 75.6 Å². The molecule has 5 rings (SSSR count). The molecule has 0 radical (unpaired) electrons. The molecule has 0 bridgehead atoms. The van der Waals surface area contributed by atoms with Crippen LogP contribution in [-0.2, 0) is 21.4 Å². The van der Waals surface area contributed by atoms with E-state index in [1.165, 1.54) is 4.31 Å². The predicted molar refractivity (Wildman–Crippen MR) is 158 cm³/mol. The summed E-state index contributed by atoms with van der Waals surface area (Å²) >= 11 is 0. The standard InChI is InChI=1S/C31H38N4O4S/c1-5-7-15-28-32-31(18-11-12-19-31)30(36)34(28)21-24-16-17-26(25-13-9-8-10-14-25)27(20-24)35(40(37,38)6-2)29-22(3)23(4)33-39-29/h8-10,13-14,16-17,20H,5-7,11-12,15,18-19,21H2,1-4H3. The molecule has 0 atom stereocenters. The van der Waals surface area contributed by atoms with Crippen LogP contribution in [0.25, 0.3) is 11.1 Å². The minimum atomic E-state index is -3.81. The number of anilines is 2. The van der Waals surface area contributed by atoms with Gasteiger partial charge in [0, 0.05) is 17.5 Å². The van der Waals surface area contributed by atoms with E-state index >= 15 is 0 Å². The molecule has 2 aliphatic rings. The summed E-state index contributed by atoms with van der Waals surface area (Å²) in [5.74, 6) is 0.985. The molecule has 9 heteroatoms. The number of hydrogen-bond donors (Lipinski definition) is 0. The number of carbonyl (C=O) groups excluding carboxylic acids is 1. The Labute approximate surface area is 237 Å². The first-order valence-corrected chi connectivity index (χ1v) is 15.9. The molecule has 2 aromatic carbocycles. The summed E-state index contributed by atoms with van der Waals surface area (Å²) in [6.07, 6.45) is 6.35. The molecule has 2 heterocycles. The van der Waals surface area contributed by atoms with E-state index in [-0.39, 0.29) is 17.5 Å². The second-order valence-electron chi connectivity index (χ2n) is 10.8. The van der Waals surface area contributed by atoms with Gasteiger partial charge in [-0.25, -0.2) is 12.7 Å². The van der Waals surface area contributed by atoms with Gasteiger partial charge in [0.25, 0.3) is 5.91 Å². The van der Waals surface area contributed by atoms with E-state index < -0.39 is 15.6 Å². The third-order valence-electron chi connectivity index (χ3n) is 8.15. The number of unbranched alkanes of at least 4 members (excludes halogenated alkanes) is 1. The van der Waals surface area contributed by atoms with Gasteiger partial charge in [-0.2, -0.15) is 0 Å². The van der Waals surface area contributed by atoms with Crippen molar-refractivity contribution in [2.75, 3.05) is 10.1 Å². The highest BCUT2D eigenvalue weighted by Crippen LogP contribution is 2.42. The molecule has 0 unspecified atom stereocenters. The lowest BCUT2D eigenvalue weighted by atomic mass is 9.97. The van der Waals surface area contributed by atoms with Crippen molar-refractivity contribution in [3.8, 4) is 11.1 Å². The fourth-order valence-corrected chi connectivity index (χ4v) is 6.83. The molecule has 1 amide bonds. The maximum absolute atomic E-state index is 13.8. The van der Waals surface area contributed by atoms with Crippen molar-refractivity contribution in [3.05, 3.63) is 65.4 Å². The lowest BCUT2D eigenvalue weighted by Crippen LogP contribution is -2.40. The predicted octanol–water partition coefficient (Wildman–Crippen LogP) is 6.69. The third-order valence-corrected chi connectivity index (χ3v) is 9.80. The van der Waals surface area contributed by atoms with E-state index in [0.29, 0.717) is 23.5 Å².